The van der Waals surface area contributed by atoms with Gasteiger partial charge in [-0.15, -0.1) is 0 Å². The number of esters is 1. The van der Waals surface area contributed by atoms with E-state index in [0.29, 0.717) is 12.0 Å². The highest BCUT2D eigenvalue weighted by Crippen LogP contribution is 2.24. The number of Topliss-reactive ketones (excluding diaryl/α,β-unsaturated/α-hetero) is 1. The van der Waals surface area contributed by atoms with Crippen LogP contribution in [0.4, 0.5) is 0 Å². The van der Waals surface area contributed by atoms with E-state index in [1.54, 1.807) is 12.1 Å². The Hall–Kier alpha value is -2.47. The fraction of sp³-hybridized carbons (Fsp3) is 0.391. The molecule has 1 aliphatic heterocycles. The summed E-state index contributed by atoms with van der Waals surface area (Å²) in [4.78, 5) is 24.3. The molecular weight excluding hydrogens is 388 g/mol. The number of benzene rings is 2. The van der Waals surface area contributed by atoms with Crippen LogP contribution in [0.15, 0.2) is 53.4 Å². The third kappa shape index (κ3) is 5.12. The maximum atomic E-state index is 12.6. The number of carbonyl (C=O) groups excluding carboxylic acids is 2. The molecule has 0 bridgehead atoms. The average Bonchev–Trinajstić information content (AvgIpc) is 3.05. The minimum atomic E-state index is -3.58. The molecule has 1 atom stereocenters. The van der Waals surface area contributed by atoms with Gasteiger partial charge in [-0.1, -0.05) is 57.2 Å². The second kappa shape index (κ2) is 8.11. The van der Waals surface area contributed by atoms with Crippen LogP contribution in [0, 0.1) is 5.92 Å². The Morgan fingerprint density at radius 2 is 1.66 bits per heavy atom. The standard InChI is InChI=1S/C23H26O5S/c1-23(2,3)19-8-6-17(7-9-19)21(24)14-16-4-10-20(11-5-16)29(26,27)15-18-12-13-28-22(18)25/h4-11,18H,12-15H2,1-3H3/t18-/m1/s1. The molecular formula is C23H26O5S. The topological polar surface area (TPSA) is 77.5 Å². The molecule has 6 heteroatoms. The minimum absolute atomic E-state index is 0.0187. The second-order valence-corrected chi connectivity index (χ2v) is 10.5. The summed E-state index contributed by atoms with van der Waals surface area (Å²) in [6.07, 6.45) is 0.628. The number of sulfone groups is 1. The first-order chi connectivity index (χ1) is 13.6. The first kappa shape index (κ1) is 21.2. The van der Waals surface area contributed by atoms with Gasteiger partial charge in [0.15, 0.2) is 15.6 Å². The first-order valence-electron chi connectivity index (χ1n) is 9.68. The van der Waals surface area contributed by atoms with Crippen LogP contribution in [0.1, 0.15) is 48.7 Å². The molecule has 0 unspecified atom stereocenters. The van der Waals surface area contributed by atoms with Gasteiger partial charge in [0.05, 0.1) is 23.2 Å². The van der Waals surface area contributed by atoms with Gasteiger partial charge < -0.3 is 4.74 Å². The normalized spacial score (nSPS) is 17.2. The van der Waals surface area contributed by atoms with Crippen molar-refractivity contribution in [1.82, 2.24) is 0 Å². The number of ketones is 1. The highest BCUT2D eigenvalue weighted by Gasteiger charge is 2.32. The highest BCUT2D eigenvalue weighted by molar-refractivity contribution is 7.91. The van der Waals surface area contributed by atoms with Crippen molar-refractivity contribution in [3.8, 4) is 0 Å². The second-order valence-electron chi connectivity index (χ2n) is 8.51. The summed E-state index contributed by atoms with van der Waals surface area (Å²) in [6, 6.07) is 13.9. The molecule has 0 aromatic heterocycles. The molecule has 1 fully saturated rings. The van der Waals surface area contributed by atoms with Crippen LogP contribution in [0.2, 0.25) is 0 Å². The summed E-state index contributed by atoms with van der Waals surface area (Å²) in [5, 5.41) is 0. The van der Waals surface area contributed by atoms with Gasteiger partial charge in [-0.05, 0) is 35.1 Å². The summed E-state index contributed by atoms with van der Waals surface area (Å²) in [7, 11) is -3.58. The van der Waals surface area contributed by atoms with Crippen LogP contribution < -0.4 is 0 Å². The largest absolute Gasteiger partial charge is 0.465 e. The fourth-order valence-electron chi connectivity index (χ4n) is 3.31. The predicted molar refractivity (Wildman–Crippen MR) is 111 cm³/mol. The molecule has 154 valence electrons. The van der Waals surface area contributed by atoms with E-state index in [4.69, 9.17) is 4.74 Å². The number of carbonyl (C=O) groups is 2. The van der Waals surface area contributed by atoms with E-state index in [2.05, 4.69) is 20.8 Å². The van der Waals surface area contributed by atoms with E-state index >= 15 is 0 Å². The average molecular weight is 415 g/mol. The molecule has 0 radical (unpaired) electrons. The maximum Gasteiger partial charge on any atom is 0.310 e. The van der Waals surface area contributed by atoms with Gasteiger partial charge in [-0.2, -0.15) is 0 Å². The monoisotopic (exact) mass is 414 g/mol. The van der Waals surface area contributed by atoms with Crippen molar-refractivity contribution in [3.63, 3.8) is 0 Å². The molecule has 0 saturated carbocycles. The lowest BCUT2D eigenvalue weighted by molar-refractivity contribution is -0.140. The van der Waals surface area contributed by atoms with E-state index < -0.39 is 21.7 Å². The molecule has 3 rings (SSSR count). The zero-order valence-corrected chi connectivity index (χ0v) is 17.8. The highest BCUT2D eigenvalue weighted by atomic mass is 32.2. The van der Waals surface area contributed by atoms with Crippen LogP contribution in [-0.2, 0) is 31.2 Å². The Morgan fingerprint density at radius 3 is 2.17 bits per heavy atom. The molecule has 29 heavy (non-hydrogen) atoms. The number of rotatable bonds is 6. The number of ether oxygens (including phenoxy) is 1. The minimum Gasteiger partial charge on any atom is -0.465 e. The summed E-state index contributed by atoms with van der Waals surface area (Å²) in [5.74, 6) is -1.31. The maximum absolute atomic E-state index is 12.6. The quantitative estimate of drug-likeness (QED) is 0.531. The van der Waals surface area contributed by atoms with Crippen molar-refractivity contribution in [2.75, 3.05) is 12.4 Å². The molecule has 1 saturated heterocycles. The smallest absolute Gasteiger partial charge is 0.310 e. The van der Waals surface area contributed by atoms with Crippen LogP contribution in [-0.4, -0.2) is 32.5 Å². The molecule has 2 aromatic carbocycles. The first-order valence-corrected chi connectivity index (χ1v) is 11.3. The number of hydrogen-bond donors (Lipinski definition) is 0. The van der Waals surface area contributed by atoms with Crippen molar-refractivity contribution in [2.24, 2.45) is 5.92 Å². The van der Waals surface area contributed by atoms with Gasteiger partial charge in [0, 0.05) is 12.0 Å². The van der Waals surface area contributed by atoms with Crippen molar-refractivity contribution in [2.45, 2.75) is 43.9 Å². The molecule has 0 aliphatic carbocycles. The van der Waals surface area contributed by atoms with E-state index in [-0.39, 0.29) is 34.9 Å². The van der Waals surface area contributed by atoms with Crippen molar-refractivity contribution < 1.29 is 22.7 Å². The van der Waals surface area contributed by atoms with Crippen molar-refractivity contribution in [1.29, 1.82) is 0 Å². The van der Waals surface area contributed by atoms with Crippen molar-refractivity contribution >= 4 is 21.6 Å². The van der Waals surface area contributed by atoms with Crippen LogP contribution in [0.25, 0.3) is 0 Å². The number of hydrogen-bond acceptors (Lipinski definition) is 5. The van der Waals surface area contributed by atoms with Crippen molar-refractivity contribution in [3.05, 3.63) is 65.2 Å². The Labute approximate surface area is 172 Å². The molecule has 1 aliphatic rings. The predicted octanol–water partition coefficient (Wildman–Crippen LogP) is 3.75. The zero-order chi connectivity index (χ0) is 21.2. The molecule has 5 nitrogen and oxygen atoms in total. The van der Waals surface area contributed by atoms with E-state index in [0.717, 1.165) is 11.1 Å². The third-order valence-corrected chi connectivity index (χ3v) is 7.02. The molecule has 0 amide bonds. The van der Waals surface area contributed by atoms with E-state index in [1.807, 2.05) is 24.3 Å². The van der Waals surface area contributed by atoms with Gasteiger partial charge in [-0.3, -0.25) is 9.59 Å². The molecule has 1 heterocycles. The van der Waals surface area contributed by atoms with Crippen LogP contribution in [0.3, 0.4) is 0 Å². The zero-order valence-electron chi connectivity index (χ0n) is 17.0. The van der Waals surface area contributed by atoms with Crippen LogP contribution >= 0.6 is 0 Å². The Bertz CT molecular complexity index is 997. The summed E-state index contributed by atoms with van der Waals surface area (Å²) >= 11 is 0. The molecule has 0 spiro atoms. The molecule has 2 aromatic rings. The van der Waals surface area contributed by atoms with E-state index in [9.17, 15) is 18.0 Å². The van der Waals surface area contributed by atoms with Gasteiger partial charge in [0.1, 0.15) is 0 Å². The number of cyclic esters (lactones) is 1. The van der Waals surface area contributed by atoms with Gasteiger partial charge >= 0.3 is 5.97 Å². The summed E-state index contributed by atoms with van der Waals surface area (Å²) in [5.41, 5.74) is 2.57. The van der Waals surface area contributed by atoms with Gasteiger partial charge in [-0.25, -0.2) is 8.42 Å². The lowest BCUT2D eigenvalue weighted by atomic mass is 9.86. The summed E-state index contributed by atoms with van der Waals surface area (Å²) in [6.45, 7) is 6.63. The third-order valence-electron chi connectivity index (χ3n) is 5.18. The lowest BCUT2D eigenvalue weighted by Crippen LogP contribution is -2.20. The van der Waals surface area contributed by atoms with E-state index in [1.165, 1.54) is 12.1 Å². The lowest BCUT2D eigenvalue weighted by Gasteiger charge is -2.19. The van der Waals surface area contributed by atoms with Gasteiger partial charge in [0.25, 0.3) is 0 Å². The summed E-state index contributed by atoms with van der Waals surface area (Å²) < 4.78 is 29.9. The SMILES string of the molecule is CC(C)(C)c1ccc(C(=O)Cc2ccc(S(=O)(=O)C[C@H]3CCOC3=O)cc2)cc1. The Kier molecular flexibility index (Phi) is 5.94. The van der Waals surface area contributed by atoms with Gasteiger partial charge in [0.2, 0.25) is 0 Å². The van der Waals surface area contributed by atoms with Crippen LogP contribution in [0.5, 0.6) is 0 Å². The fourth-order valence-corrected chi connectivity index (χ4v) is 4.88. The Balaban J connectivity index is 1.67. The Morgan fingerprint density at radius 1 is 1.03 bits per heavy atom. The molecule has 0 N–H and O–H groups in total.